The number of amides is 1. The number of pyridine rings is 1. The normalized spacial score (nSPS) is 14.7. The van der Waals surface area contributed by atoms with Crippen LogP contribution in [0.3, 0.4) is 0 Å². The van der Waals surface area contributed by atoms with Gasteiger partial charge in [-0.1, -0.05) is 29.9 Å². The van der Waals surface area contributed by atoms with Gasteiger partial charge in [0.1, 0.15) is 0 Å². The molecular weight excluding hydrogens is 492 g/mol. The summed E-state index contributed by atoms with van der Waals surface area (Å²) in [6, 6.07) is 16.0. The van der Waals surface area contributed by atoms with Gasteiger partial charge >= 0.3 is 0 Å². The van der Waals surface area contributed by atoms with Crippen LogP contribution in [0.25, 0.3) is 10.2 Å². The maximum atomic E-state index is 13.7. The van der Waals surface area contributed by atoms with Crippen LogP contribution in [-0.2, 0) is 16.6 Å². The monoisotopic (exact) mass is 520 g/mol. The van der Waals surface area contributed by atoms with Crippen molar-refractivity contribution in [2.24, 2.45) is 0 Å². The first-order valence-electron chi connectivity index (χ1n) is 12.0. The van der Waals surface area contributed by atoms with Gasteiger partial charge in [-0.3, -0.25) is 14.7 Å². The SMILES string of the molecule is Cc1cc(C)c2sc(N(Cc3ccccn3)C(=O)c3ccc(S(=O)(=O)N4CCCCC4)cc3)nc2c1. The number of thiazole rings is 1. The second-order valence-electron chi connectivity index (χ2n) is 9.13. The molecule has 1 saturated heterocycles. The maximum absolute atomic E-state index is 13.7. The molecule has 0 atom stereocenters. The molecule has 1 amide bonds. The van der Waals surface area contributed by atoms with Crippen LogP contribution in [0.5, 0.6) is 0 Å². The molecular formula is C27H28N4O3S2. The number of carbonyl (C=O) groups is 1. The largest absolute Gasteiger partial charge is 0.278 e. The zero-order valence-corrected chi connectivity index (χ0v) is 22.0. The quantitative estimate of drug-likeness (QED) is 0.343. The van der Waals surface area contributed by atoms with Gasteiger partial charge in [-0.2, -0.15) is 4.31 Å². The van der Waals surface area contributed by atoms with Gasteiger partial charge in [0.2, 0.25) is 10.0 Å². The number of piperidine rings is 1. The molecule has 0 aliphatic carbocycles. The van der Waals surface area contributed by atoms with Crippen molar-refractivity contribution in [2.75, 3.05) is 18.0 Å². The Balaban J connectivity index is 1.49. The van der Waals surface area contributed by atoms with Crippen molar-refractivity contribution in [3.63, 3.8) is 0 Å². The van der Waals surface area contributed by atoms with Crippen LogP contribution in [0.2, 0.25) is 0 Å². The standard InChI is InChI=1S/C27H28N4O3S2/c1-19-16-20(2)25-24(17-19)29-27(35-25)31(18-22-8-4-5-13-28-22)26(32)21-9-11-23(12-10-21)36(33,34)30-14-6-3-7-15-30/h4-5,8-13,16-17H,3,6-7,14-15,18H2,1-2H3. The van der Waals surface area contributed by atoms with Crippen LogP contribution in [-0.4, -0.2) is 41.7 Å². The first-order chi connectivity index (χ1) is 17.3. The minimum Gasteiger partial charge on any atom is -0.278 e. The van der Waals surface area contributed by atoms with E-state index in [1.165, 1.54) is 27.8 Å². The molecule has 2 aromatic heterocycles. The zero-order valence-electron chi connectivity index (χ0n) is 20.3. The van der Waals surface area contributed by atoms with Gasteiger partial charge < -0.3 is 0 Å². The lowest BCUT2D eigenvalue weighted by molar-refractivity contribution is 0.0984. The zero-order chi connectivity index (χ0) is 25.3. The van der Waals surface area contributed by atoms with Crippen LogP contribution in [0, 0.1) is 13.8 Å². The third-order valence-electron chi connectivity index (χ3n) is 6.39. The number of benzene rings is 2. The van der Waals surface area contributed by atoms with E-state index in [0.29, 0.717) is 23.8 Å². The Morgan fingerprint density at radius 2 is 1.78 bits per heavy atom. The molecule has 0 bridgehead atoms. The number of hydrogen-bond acceptors (Lipinski definition) is 6. The van der Waals surface area contributed by atoms with Crippen LogP contribution in [0.4, 0.5) is 5.13 Å². The number of sulfonamides is 1. The average molecular weight is 521 g/mol. The van der Waals surface area contributed by atoms with Crippen LogP contribution >= 0.6 is 11.3 Å². The van der Waals surface area contributed by atoms with Gasteiger partial charge in [-0.05, 0) is 80.3 Å². The summed E-state index contributed by atoms with van der Waals surface area (Å²) in [5, 5.41) is 0.583. The average Bonchev–Trinajstić information content (AvgIpc) is 3.32. The minimum absolute atomic E-state index is 0.211. The van der Waals surface area contributed by atoms with Gasteiger partial charge in [0.05, 0.1) is 27.4 Å². The van der Waals surface area contributed by atoms with Gasteiger partial charge in [0.25, 0.3) is 5.91 Å². The molecule has 9 heteroatoms. The highest BCUT2D eigenvalue weighted by Crippen LogP contribution is 2.33. The smallest absolute Gasteiger partial charge is 0.260 e. The van der Waals surface area contributed by atoms with E-state index >= 15 is 0 Å². The molecule has 0 N–H and O–H groups in total. The molecule has 4 aromatic rings. The lowest BCUT2D eigenvalue weighted by Crippen LogP contribution is -2.35. The Labute approximate surface area is 215 Å². The first-order valence-corrected chi connectivity index (χ1v) is 14.3. The van der Waals surface area contributed by atoms with Crippen molar-refractivity contribution in [3.8, 4) is 0 Å². The highest BCUT2D eigenvalue weighted by Gasteiger charge is 2.27. The van der Waals surface area contributed by atoms with E-state index in [1.807, 2.05) is 38.1 Å². The van der Waals surface area contributed by atoms with Crippen LogP contribution in [0.1, 0.15) is 46.4 Å². The number of anilines is 1. The van der Waals surface area contributed by atoms with Gasteiger partial charge in [0.15, 0.2) is 5.13 Å². The molecule has 2 aromatic carbocycles. The molecule has 1 aliphatic heterocycles. The first kappa shape index (κ1) is 24.5. The van der Waals surface area contributed by atoms with Crippen molar-refractivity contribution in [3.05, 3.63) is 83.2 Å². The molecule has 1 fully saturated rings. The van der Waals surface area contributed by atoms with Crippen molar-refractivity contribution >= 4 is 42.6 Å². The van der Waals surface area contributed by atoms with Crippen LogP contribution < -0.4 is 4.90 Å². The summed E-state index contributed by atoms with van der Waals surface area (Å²) in [4.78, 5) is 24.8. The molecule has 0 radical (unpaired) electrons. The molecule has 3 heterocycles. The number of aryl methyl sites for hydroxylation is 2. The summed E-state index contributed by atoms with van der Waals surface area (Å²) < 4.78 is 28.6. The summed E-state index contributed by atoms with van der Waals surface area (Å²) in [7, 11) is -3.56. The van der Waals surface area contributed by atoms with E-state index in [-0.39, 0.29) is 17.3 Å². The molecule has 0 unspecified atom stereocenters. The fraction of sp³-hybridized carbons (Fsp3) is 0.296. The van der Waals surface area contributed by atoms with E-state index in [4.69, 9.17) is 4.98 Å². The maximum Gasteiger partial charge on any atom is 0.260 e. The van der Waals surface area contributed by atoms with Crippen molar-refractivity contribution < 1.29 is 13.2 Å². The second-order valence-corrected chi connectivity index (χ2v) is 12.0. The molecule has 36 heavy (non-hydrogen) atoms. The lowest BCUT2D eigenvalue weighted by Gasteiger charge is -2.26. The van der Waals surface area contributed by atoms with E-state index in [1.54, 1.807) is 23.2 Å². The number of hydrogen-bond donors (Lipinski definition) is 0. The van der Waals surface area contributed by atoms with Gasteiger partial charge in [-0.15, -0.1) is 0 Å². The van der Waals surface area contributed by atoms with E-state index in [0.717, 1.165) is 46.3 Å². The molecule has 1 aliphatic rings. The number of nitrogens with zero attached hydrogens (tertiary/aromatic N) is 4. The Bertz CT molecular complexity index is 1490. The number of rotatable bonds is 6. The summed E-state index contributed by atoms with van der Waals surface area (Å²) in [6.07, 6.45) is 4.50. The number of carbonyl (C=O) groups excluding carboxylic acids is 1. The Morgan fingerprint density at radius 3 is 2.47 bits per heavy atom. The highest BCUT2D eigenvalue weighted by molar-refractivity contribution is 7.89. The van der Waals surface area contributed by atoms with E-state index < -0.39 is 10.0 Å². The molecule has 0 saturated carbocycles. The summed E-state index contributed by atoms with van der Waals surface area (Å²) in [5.74, 6) is -0.254. The van der Waals surface area contributed by atoms with E-state index in [2.05, 4.69) is 11.1 Å². The molecule has 7 nitrogen and oxygen atoms in total. The van der Waals surface area contributed by atoms with Crippen LogP contribution in [0.15, 0.2) is 65.7 Å². The Kier molecular flexibility index (Phi) is 6.87. The predicted octanol–water partition coefficient (Wildman–Crippen LogP) is 5.33. The Morgan fingerprint density at radius 1 is 1.03 bits per heavy atom. The van der Waals surface area contributed by atoms with E-state index in [9.17, 15) is 13.2 Å². The third kappa shape index (κ3) is 4.91. The summed E-state index contributed by atoms with van der Waals surface area (Å²) >= 11 is 1.47. The molecule has 5 rings (SSSR count). The lowest BCUT2D eigenvalue weighted by atomic mass is 10.1. The van der Waals surface area contributed by atoms with Gasteiger partial charge in [-0.25, -0.2) is 13.4 Å². The summed E-state index contributed by atoms with van der Waals surface area (Å²) in [6.45, 7) is 5.41. The molecule has 0 spiro atoms. The van der Waals surface area contributed by atoms with Crippen molar-refractivity contribution in [1.82, 2.24) is 14.3 Å². The second kappa shape index (κ2) is 10.1. The number of aromatic nitrogens is 2. The number of fused-ring (bicyclic) bond motifs is 1. The summed E-state index contributed by atoms with van der Waals surface area (Å²) in [5.41, 5.74) is 4.23. The fourth-order valence-corrected chi connectivity index (χ4v) is 7.07. The topological polar surface area (TPSA) is 83.5 Å². The van der Waals surface area contributed by atoms with Gasteiger partial charge in [0, 0.05) is 24.8 Å². The highest BCUT2D eigenvalue weighted by atomic mass is 32.2. The Hall–Kier alpha value is -3.14. The van der Waals surface area contributed by atoms with Crippen molar-refractivity contribution in [1.29, 1.82) is 0 Å². The predicted molar refractivity (Wildman–Crippen MR) is 143 cm³/mol. The van der Waals surface area contributed by atoms with Crippen molar-refractivity contribution in [2.45, 2.75) is 44.6 Å². The minimum atomic E-state index is -3.56. The molecule has 186 valence electrons. The fourth-order valence-electron chi connectivity index (χ4n) is 4.54. The third-order valence-corrected chi connectivity index (χ3v) is 9.53.